The number of amides is 1. The highest BCUT2D eigenvalue weighted by molar-refractivity contribution is 5.78. The average Bonchev–Trinajstić information content (AvgIpc) is 2.79. The number of rotatable bonds is 6. The summed E-state index contributed by atoms with van der Waals surface area (Å²) in [6, 6.07) is 6.88. The monoisotopic (exact) mass is 262 g/mol. The number of hydrogen-bond donors (Lipinski definition) is 2. The first-order valence-corrected chi connectivity index (χ1v) is 6.79. The Balaban J connectivity index is 1.82. The van der Waals surface area contributed by atoms with E-state index in [1.54, 1.807) is 7.11 Å². The maximum Gasteiger partial charge on any atom is 0.234 e. The lowest BCUT2D eigenvalue weighted by atomic mass is 10.1. The van der Waals surface area contributed by atoms with Crippen molar-refractivity contribution in [2.24, 2.45) is 0 Å². The third-order valence-corrected chi connectivity index (χ3v) is 3.52. The Morgan fingerprint density at radius 2 is 2.32 bits per heavy atom. The third kappa shape index (κ3) is 3.78. The Morgan fingerprint density at radius 3 is 3.11 bits per heavy atom. The molecular weight excluding hydrogens is 240 g/mol. The van der Waals surface area contributed by atoms with Crippen molar-refractivity contribution in [3.63, 3.8) is 0 Å². The molecule has 104 valence electrons. The summed E-state index contributed by atoms with van der Waals surface area (Å²) in [6.45, 7) is 3.59. The van der Waals surface area contributed by atoms with Crippen LogP contribution >= 0.6 is 0 Å². The van der Waals surface area contributed by atoms with Crippen molar-refractivity contribution in [3.05, 3.63) is 34.9 Å². The van der Waals surface area contributed by atoms with E-state index in [-0.39, 0.29) is 5.91 Å². The van der Waals surface area contributed by atoms with Gasteiger partial charge in [0.1, 0.15) is 0 Å². The molecular formula is C15H22N2O2. The van der Waals surface area contributed by atoms with Crippen molar-refractivity contribution in [2.75, 3.05) is 26.8 Å². The van der Waals surface area contributed by atoms with E-state index in [2.05, 4.69) is 35.8 Å². The maximum absolute atomic E-state index is 11.6. The molecule has 0 heterocycles. The average molecular weight is 262 g/mol. The molecule has 1 aliphatic rings. The zero-order valence-corrected chi connectivity index (χ0v) is 11.7. The van der Waals surface area contributed by atoms with E-state index in [0.717, 1.165) is 12.8 Å². The number of carbonyl (C=O) groups is 1. The highest BCUT2D eigenvalue weighted by Gasteiger charge is 2.22. The molecule has 0 aliphatic heterocycles. The van der Waals surface area contributed by atoms with E-state index in [0.29, 0.717) is 25.7 Å². The second-order valence-electron chi connectivity index (χ2n) is 5.02. The van der Waals surface area contributed by atoms with Gasteiger partial charge in [0.15, 0.2) is 0 Å². The van der Waals surface area contributed by atoms with Crippen LogP contribution < -0.4 is 10.6 Å². The van der Waals surface area contributed by atoms with E-state index in [1.165, 1.54) is 16.7 Å². The summed E-state index contributed by atoms with van der Waals surface area (Å²) in [5.41, 5.74) is 4.03. The van der Waals surface area contributed by atoms with Gasteiger partial charge >= 0.3 is 0 Å². The number of carbonyl (C=O) groups excluding carboxylic acids is 1. The second kappa shape index (κ2) is 6.68. The fourth-order valence-corrected chi connectivity index (χ4v) is 2.50. The summed E-state index contributed by atoms with van der Waals surface area (Å²) in [4.78, 5) is 11.6. The molecule has 0 spiro atoms. The molecule has 0 fully saturated rings. The quantitative estimate of drug-likeness (QED) is 0.761. The molecule has 1 aliphatic carbocycles. The van der Waals surface area contributed by atoms with Crippen LogP contribution in [-0.2, 0) is 16.0 Å². The van der Waals surface area contributed by atoms with Crippen LogP contribution in [0, 0.1) is 6.92 Å². The Bertz CT molecular complexity index is 446. The van der Waals surface area contributed by atoms with Gasteiger partial charge in [-0.1, -0.05) is 23.8 Å². The van der Waals surface area contributed by atoms with Crippen LogP contribution in [0.5, 0.6) is 0 Å². The van der Waals surface area contributed by atoms with Crippen molar-refractivity contribution in [1.29, 1.82) is 0 Å². The topological polar surface area (TPSA) is 50.4 Å². The molecule has 2 rings (SSSR count). The summed E-state index contributed by atoms with van der Waals surface area (Å²) in [5.74, 6) is 0.0261. The maximum atomic E-state index is 11.6. The van der Waals surface area contributed by atoms with Gasteiger partial charge in [0.2, 0.25) is 5.91 Å². The molecule has 2 N–H and O–H groups in total. The normalized spacial score (nSPS) is 17.3. The van der Waals surface area contributed by atoms with Gasteiger partial charge in [-0.05, 0) is 30.9 Å². The molecule has 0 aromatic heterocycles. The first kappa shape index (κ1) is 14.0. The predicted molar refractivity (Wildman–Crippen MR) is 75.1 cm³/mol. The number of benzene rings is 1. The smallest absolute Gasteiger partial charge is 0.234 e. The van der Waals surface area contributed by atoms with Crippen molar-refractivity contribution >= 4 is 5.91 Å². The van der Waals surface area contributed by atoms with E-state index >= 15 is 0 Å². The standard InChI is InChI=1S/C15H22N2O2/c1-11-3-4-12-5-6-14(13(12)9-11)17-10-15(18)16-7-8-19-2/h3-4,9,14,17H,5-8,10H2,1-2H3,(H,16,18). The van der Waals surface area contributed by atoms with Gasteiger partial charge in [0, 0.05) is 19.7 Å². The molecule has 4 nitrogen and oxygen atoms in total. The van der Waals surface area contributed by atoms with Crippen LogP contribution in [0.4, 0.5) is 0 Å². The summed E-state index contributed by atoms with van der Waals surface area (Å²) in [5, 5.41) is 6.16. The van der Waals surface area contributed by atoms with Crippen molar-refractivity contribution in [1.82, 2.24) is 10.6 Å². The molecule has 1 unspecified atom stereocenters. The molecule has 4 heteroatoms. The first-order chi connectivity index (χ1) is 9.20. The minimum atomic E-state index is 0.0261. The van der Waals surface area contributed by atoms with Crippen LogP contribution in [-0.4, -0.2) is 32.7 Å². The minimum Gasteiger partial charge on any atom is -0.383 e. The highest BCUT2D eigenvalue weighted by atomic mass is 16.5. The largest absolute Gasteiger partial charge is 0.383 e. The second-order valence-corrected chi connectivity index (χ2v) is 5.02. The van der Waals surface area contributed by atoms with Crippen LogP contribution in [0.2, 0.25) is 0 Å². The number of ether oxygens (including phenoxy) is 1. The third-order valence-electron chi connectivity index (χ3n) is 3.52. The van der Waals surface area contributed by atoms with E-state index in [1.807, 2.05) is 0 Å². The summed E-state index contributed by atoms with van der Waals surface area (Å²) < 4.78 is 4.89. The summed E-state index contributed by atoms with van der Waals surface area (Å²) in [7, 11) is 1.63. The van der Waals surface area contributed by atoms with Crippen molar-refractivity contribution < 1.29 is 9.53 Å². The van der Waals surface area contributed by atoms with Crippen LogP contribution in [0.25, 0.3) is 0 Å². The molecule has 0 saturated carbocycles. The van der Waals surface area contributed by atoms with E-state index in [4.69, 9.17) is 4.74 Å². The van der Waals surface area contributed by atoms with Crippen LogP contribution in [0.1, 0.15) is 29.2 Å². The Hall–Kier alpha value is -1.39. The lowest BCUT2D eigenvalue weighted by molar-refractivity contribution is -0.120. The molecule has 1 atom stereocenters. The van der Waals surface area contributed by atoms with Crippen LogP contribution in [0.3, 0.4) is 0 Å². The summed E-state index contributed by atoms with van der Waals surface area (Å²) >= 11 is 0. The lowest BCUT2D eigenvalue weighted by Gasteiger charge is -2.14. The Labute approximate surface area is 114 Å². The fraction of sp³-hybridized carbons (Fsp3) is 0.533. The van der Waals surface area contributed by atoms with Gasteiger partial charge in [-0.15, -0.1) is 0 Å². The number of aryl methyl sites for hydroxylation is 2. The molecule has 1 aromatic rings. The van der Waals surface area contributed by atoms with Gasteiger partial charge in [-0.25, -0.2) is 0 Å². The van der Waals surface area contributed by atoms with E-state index in [9.17, 15) is 4.79 Å². The SMILES string of the molecule is COCCNC(=O)CNC1CCc2ccc(C)cc21. The number of hydrogen-bond acceptors (Lipinski definition) is 3. The van der Waals surface area contributed by atoms with Crippen molar-refractivity contribution in [3.8, 4) is 0 Å². The predicted octanol–water partition coefficient (Wildman–Crippen LogP) is 1.33. The highest BCUT2D eigenvalue weighted by Crippen LogP contribution is 2.31. The molecule has 0 bridgehead atoms. The zero-order chi connectivity index (χ0) is 13.7. The molecule has 1 aromatic carbocycles. The molecule has 19 heavy (non-hydrogen) atoms. The van der Waals surface area contributed by atoms with Gasteiger partial charge in [-0.2, -0.15) is 0 Å². The lowest BCUT2D eigenvalue weighted by Crippen LogP contribution is -2.36. The first-order valence-electron chi connectivity index (χ1n) is 6.79. The van der Waals surface area contributed by atoms with Crippen molar-refractivity contribution in [2.45, 2.75) is 25.8 Å². The van der Waals surface area contributed by atoms with Crippen LogP contribution in [0.15, 0.2) is 18.2 Å². The van der Waals surface area contributed by atoms with Gasteiger partial charge in [0.05, 0.1) is 13.2 Å². The number of fused-ring (bicyclic) bond motifs is 1. The minimum absolute atomic E-state index is 0.0261. The van der Waals surface area contributed by atoms with Gasteiger partial charge in [-0.3, -0.25) is 4.79 Å². The van der Waals surface area contributed by atoms with E-state index < -0.39 is 0 Å². The Morgan fingerprint density at radius 1 is 1.47 bits per heavy atom. The number of methoxy groups -OCH3 is 1. The zero-order valence-electron chi connectivity index (χ0n) is 11.7. The molecule has 0 radical (unpaired) electrons. The number of nitrogens with one attached hydrogen (secondary N) is 2. The van der Waals surface area contributed by atoms with Gasteiger partial charge in [0.25, 0.3) is 0 Å². The Kier molecular flexibility index (Phi) is 4.93. The fourth-order valence-electron chi connectivity index (χ4n) is 2.50. The summed E-state index contributed by atoms with van der Waals surface area (Å²) in [6.07, 6.45) is 2.17. The molecule has 1 amide bonds. The molecule has 0 saturated heterocycles. The van der Waals surface area contributed by atoms with Gasteiger partial charge < -0.3 is 15.4 Å².